The molecular weight excluding hydrogens is 329 g/mol. The first kappa shape index (κ1) is 16.2. The molecule has 7 heteroatoms. The van der Waals surface area contributed by atoms with Gasteiger partial charge < -0.3 is 10.1 Å². The van der Waals surface area contributed by atoms with E-state index in [0.29, 0.717) is 26.8 Å². The number of anilines is 1. The molecule has 0 spiro atoms. The lowest BCUT2D eigenvalue weighted by molar-refractivity contribution is 0.456. The Morgan fingerprint density at radius 3 is 2.48 bits per heavy atom. The summed E-state index contributed by atoms with van der Waals surface area (Å²) in [6.07, 6.45) is 2.93. The molecule has 1 aromatic heterocycles. The fourth-order valence-electron chi connectivity index (χ4n) is 1.60. The van der Waals surface area contributed by atoms with Gasteiger partial charge in [0.25, 0.3) is 0 Å². The Balaban J connectivity index is 2.25. The second-order valence-electron chi connectivity index (χ2n) is 4.21. The van der Waals surface area contributed by atoms with Gasteiger partial charge in [0.15, 0.2) is 5.16 Å². The zero-order chi connectivity index (χ0) is 15.2. The molecule has 0 atom stereocenters. The van der Waals surface area contributed by atoms with Crippen LogP contribution in [0.25, 0.3) is 0 Å². The number of ether oxygens (including phenoxy) is 1. The van der Waals surface area contributed by atoms with Gasteiger partial charge in [0, 0.05) is 22.7 Å². The summed E-state index contributed by atoms with van der Waals surface area (Å²) >= 11 is 13.4. The zero-order valence-corrected chi connectivity index (χ0v) is 14.0. The summed E-state index contributed by atoms with van der Waals surface area (Å²) in [5.41, 5.74) is 0. The van der Waals surface area contributed by atoms with Gasteiger partial charge in [0.2, 0.25) is 5.88 Å². The van der Waals surface area contributed by atoms with Crippen molar-refractivity contribution in [3.8, 4) is 11.6 Å². The number of aromatic nitrogens is 2. The highest BCUT2D eigenvalue weighted by molar-refractivity contribution is 7.98. The van der Waals surface area contributed by atoms with Crippen LogP contribution in [0, 0.1) is 0 Å². The van der Waals surface area contributed by atoms with E-state index in [0.717, 1.165) is 18.8 Å². The summed E-state index contributed by atoms with van der Waals surface area (Å²) in [6.45, 7) is 2.93. The third kappa shape index (κ3) is 4.95. The molecule has 0 bridgehead atoms. The molecule has 0 amide bonds. The van der Waals surface area contributed by atoms with Gasteiger partial charge in [-0.2, -0.15) is 4.98 Å². The first-order valence-electron chi connectivity index (χ1n) is 6.41. The highest BCUT2D eigenvalue weighted by atomic mass is 35.5. The summed E-state index contributed by atoms with van der Waals surface area (Å²) in [5.74, 6) is 1.73. The van der Waals surface area contributed by atoms with Crippen LogP contribution in [-0.2, 0) is 0 Å². The lowest BCUT2D eigenvalue weighted by Crippen LogP contribution is -2.04. The Hall–Kier alpha value is -1.17. The normalized spacial score (nSPS) is 10.5. The Morgan fingerprint density at radius 2 is 1.86 bits per heavy atom. The van der Waals surface area contributed by atoms with E-state index >= 15 is 0 Å². The van der Waals surface area contributed by atoms with Gasteiger partial charge in [0.05, 0.1) is 0 Å². The molecule has 4 nitrogen and oxygen atoms in total. The lowest BCUT2D eigenvalue weighted by atomic mass is 10.3. The van der Waals surface area contributed by atoms with Crippen LogP contribution in [0.15, 0.2) is 29.4 Å². The maximum atomic E-state index is 5.96. The summed E-state index contributed by atoms with van der Waals surface area (Å²) < 4.78 is 5.73. The Morgan fingerprint density at radius 1 is 1.14 bits per heavy atom. The van der Waals surface area contributed by atoms with Crippen molar-refractivity contribution in [2.75, 3.05) is 18.1 Å². The van der Waals surface area contributed by atoms with E-state index in [-0.39, 0.29) is 0 Å². The fraction of sp³-hybridized carbons (Fsp3) is 0.286. The molecule has 112 valence electrons. The maximum absolute atomic E-state index is 5.96. The number of benzene rings is 1. The van der Waals surface area contributed by atoms with Crippen molar-refractivity contribution in [2.45, 2.75) is 18.5 Å². The molecule has 0 saturated carbocycles. The summed E-state index contributed by atoms with van der Waals surface area (Å²) in [4.78, 5) is 8.69. The molecule has 1 heterocycles. The molecule has 21 heavy (non-hydrogen) atoms. The largest absolute Gasteiger partial charge is 0.439 e. The van der Waals surface area contributed by atoms with E-state index in [1.165, 1.54) is 11.8 Å². The summed E-state index contributed by atoms with van der Waals surface area (Å²) in [5, 5.41) is 4.89. The quantitative estimate of drug-likeness (QED) is 0.582. The van der Waals surface area contributed by atoms with E-state index in [9.17, 15) is 0 Å². The van der Waals surface area contributed by atoms with Crippen LogP contribution < -0.4 is 10.1 Å². The second kappa shape index (κ2) is 7.73. The SMILES string of the molecule is CCCNc1cc(Oc2cc(Cl)cc(Cl)c2)nc(SC)n1. The van der Waals surface area contributed by atoms with Gasteiger partial charge >= 0.3 is 0 Å². The van der Waals surface area contributed by atoms with E-state index in [1.54, 1.807) is 24.3 Å². The molecule has 0 aliphatic heterocycles. The highest BCUT2D eigenvalue weighted by Crippen LogP contribution is 2.29. The molecule has 1 aromatic carbocycles. The summed E-state index contributed by atoms with van der Waals surface area (Å²) in [6, 6.07) is 6.78. The Kier molecular flexibility index (Phi) is 5.96. The molecule has 0 radical (unpaired) electrons. The molecule has 1 N–H and O–H groups in total. The fourth-order valence-corrected chi connectivity index (χ4v) is 2.48. The number of hydrogen-bond acceptors (Lipinski definition) is 5. The van der Waals surface area contributed by atoms with Crippen molar-refractivity contribution in [3.05, 3.63) is 34.3 Å². The van der Waals surface area contributed by atoms with Crippen LogP contribution in [0.4, 0.5) is 5.82 Å². The van der Waals surface area contributed by atoms with E-state index in [2.05, 4.69) is 22.2 Å². The number of nitrogens with zero attached hydrogens (tertiary/aromatic N) is 2. The molecular formula is C14H15Cl2N3OS. The molecule has 2 aromatic rings. The molecule has 0 aliphatic carbocycles. The molecule has 0 fully saturated rings. The van der Waals surface area contributed by atoms with Gasteiger partial charge in [-0.05, 0) is 30.9 Å². The monoisotopic (exact) mass is 343 g/mol. The van der Waals surface area contributed by atoms with Crippen molar-refractivity contribution in [1.82, 2.24) is 9.97 Å². The van der Waals surface area contributed by atoms with Crippen LogP contribution in [0.2, 0.25) is 10.0 Å². The first-order valence-corrected chi connectivity index (χ1v) is 8.39. The molecule has 2 rings (SSSR count). The molecule has 0 saturated heterocycles. The number of rotatable bonds is 6. The average Bonchev–Trinajstić information content (AvgIpc) is 2.43. The lowest BCUT2D eigenvalue weighted by Gasteiger charge is -2.10. The number of thioether (sulfide) groups is 1. The standard InChI is InChI=1S/C14H15Cl2N3OS/c1-3-4-17-12-8-13(19-14(18-12)21-2)20-11-6-9(15)5-10(16)7-11/h5-8H,3-4H2,1-2H3,(H,17,18,19). The third-order valence-corrected chi connectivity index (χ3v) is 3.46. The van der Waals surface area contributed by atoms with Crippen molar-refractivity contribution in [3.63, 3.8) is 0 Å². The Bertz CT molecular complexity index is 605. The Labute approximate surface area is 138 Å². The number of hydrogen-bond donors (Lipinski definition) is 1. The average molecular weight is 344 g/mol. The molecule has 0 aliphatic rings. The van der Waals surface area contributed by atoms with Gasteiger partial charge in [0.1, 0.15) is 11.6 Å². The van der Waals surface area contributed by atoms with Crippen LogP contribution >= 0.6 is 35.0 Å². The summed E-state index contributed by atoms with van der Waals surface area (Å²) in [7, 11) is 0. The maximum Gasteiger partial charge on any atom is 0.225 e. The topological polar surface area (TPSA) is 47.0 Å². The van der Waals surface area contributed by atoms with Gasteiger partial charge in [-0.1, -0.05) is 41.9 Å². The van der Waals surface area contributed by atoms with Crippen molar-refractivity contribution in [1.29, 1.82) is 0 Å². The predicted molar refractivity (Wildman–Crippen MR) is 89.1 cm³/mol. The highest BCUT2D eigenvalue weighted by Gasteiger charge is 2.07. The smallest absolute Gasteiger partial charge is 0.225 e. The van der Waals surface area contributed by atoms with Crippen LogP contribution in [0.3, 0.4) is 0 Å². The molecule has 0 unspecified atom stereocenters. The van der Waals surface area contributed by atoms with E-state index in [1.807, 2.05) is 6.26 Å². The zero-order valence-electron chi connectivity index (χ0n) is 11.7. The van der Waals surface area contributed by atoms with Crippen molar-refractivity contribution >= 4 is 40.8 Å². The minimum Gasteiger partial charge on any atom is -0.439 e. The van der Waals surface area contributed by atoms with E-state index in [4.69, 9.17) is 27.9 Å². The number of halogens is 2. The van der Waals surface area contributed by atoms with Crippen LogP contribution in [0.5, 0.6) is 11.6 Å². The van der Waals surface area contributed by atoms with Crippen molar-refractivity contribution in [2.24, 2.45) is 0 Å². The van der Waals surface area contributed by atoms with Gasteiger partial charge in [-0.25, -0.2) is 4.98 Å². The van der Waals surface area contributed by atoms with Crippen LogP contribution in [-0.4, -0.2) is 22.8 Å². The van der Waals surface area contributed by atoms with Gasteiger partial charge in [-0.15, -0.1) is 0 Å². The second-order valence-corrected chi connectivity index (χ2v) is 5.86. The van der Waals surface area contributed by atoms with Crippen LogP contribution in [0.1, 0.15) is 13.3 Å². The van der Waals surface area contributed by atoms with Crippen molar-refractivity contribution < 1.29 is 4.74 Å². The van der Waals surface area contributed by atoms with Gasteiger partial charge in [-0.3, -0.25) is 0 Å². The first-order chi connectivity index (χ1) is 10.1. The van der Waals surface area contributed by atoms with E-state index < -0.39 is 0 Å². The minimum atomic E-state index is 0.450. The third-order valence-electron chi connectivity index (χ3n) is 2.48. The number of nitrogens with one attached hydrogen (secondary N) is 1. The minimum absolute atomic E-state index is 0.450. The predicted octanol–water partition coefficient (Wildman–Crippen LogP) is 5.12.